The second kappa shape index (κ2) is 6.70. The Morgan fingerprint density at radius 2 is 2.28 bits per heavy atom. The number of nitrogens with zero attached hydrogens (tertiary/aromatic N) is 1. The topological polar surface area (TPSA) is 71.1 Å². The standard InChI is InChI=1S/C11H16ClN3O2S/c1-7(18(3)17)5-15-11(16)8-4-9(12)10(13-2)14-6-8/h4,6-7H,5H2,1-3H3,(H,13,14)(H,15,16). The molecule has 1 aromatic heterocycles. The molecule has 1 heterocycles. The Hall–Kier alpha value is -1.14. The minimum Gasteiger partial charge on any atom is -0.372 e. The number of hydrogen-bond acceptors (Lipinski definition) is 4. The van der Waals surface area contributed by atoms with Gasteiger partial charge in [-0.05, 0) is 13.0 Å². The smallest absolute Gasteiger partial charge is 0.252 e. The Morgan fingerprint density at radius 1 is 1.61 bits per heavy atom. The lowest BCUT2D eigenvalue weighted by molar-refractivity contribution is 0.0954. The summed E-state index contributed by atoms with van der Waals surface area (Å²) in [6, 6.07) is 1.54. The van der Waals surface area contributed by atoms with Crippen molar-refractivity contribution in [1.29, 1.82) is 0 Å². The van der Waals surface area contributed by atoms with Gasteiger partial charge in [-0.15, -0.1) is 0 Å². The number of aromatic nitrogens is 1. The third-order valence-corrected chi connectivity index (χ3v) is 4.04. The van der Waals surface area contributed by atoms with E-state index in [4.69, 9.17) is 11.6 Å². The summed E-state index contributed by atoms with van der Waals surface area (Å²) in [5.74, 6) is 0.251. The molecule has 0 saturated heterocycles. The number of amides is 1. The maximum Gasteiger partial charge on any atom is 0.252 e. The van der Waals surface area contributed by atoms with Crippen LogP contribution in [-0.2, 0) is 10.8 Å². The summed E-state index contributed by atoms with van der Waals surface area (Å²) < 4.78 is 11.1. The fraction of sp³-hybridized carbons (Fsp3) is 0.455. The molecule has 0 bridgehead atoms. The van der Waals surface area contributed by atoms with Gasteiger partial charge in [-0.2, -0.15) is 0 Å². The van der Waals surface area contributed by atoms with Crippen LogP contribution in [0.2, 0.25) is 5.02 Å². The Bertz CT molecular complexity index is 468. The van der Waals surface area contributed by atoms with E-state index < -0.39 is 10.8 Å². The number of halogens is 1. The van der Waals surface area contributed by atoms with Crippen molar-refractivity contribution in [1.82, 2.24) is 10.3 Å². The van der Waals surface area contributed by atoms with E-state index in [1.54, 1.807) is 19.4 Å². The van der Waals surface area contributed by atoms with Crippen molar-refractivity contribution in [3.05, 3.63) is 22.8 Å². The quantitative estimate of drug-likeness (QED) is 0.856. The second-order valence-corrected chi connectivity index (χ2v) is 6.03. The van der Waals surface area contributed by atoms with Crippen LogP contribution in [0.25, 0.3) is 0 Å². The number of carbonyl (C=O) groups excluding carboxylic acids is 1. The molecule has 1 amide bonds. The van der Waals surface area contributed by atoms with Crippen LogP contribution < -0.4 is 10.6 Å². The average molecular weight is 290 g/mol. The normalized spacial score (nSPS) is 13.8. The summed E-state index contributed by atoms with van der Waals surface area (Å²) in [7, 11) is 0.742. The van der Waals surface area contributed by atoms with Gasteiger partial charge in [0.25, 0.3) is 5.91 Å². The minimum absolute atomic E-state index is 0.0889. The van der Waals surface area contributed by atoms with E-state index in [-0.39, 0.29) is 11.2 Å². The average Bonchev–Trinajstić information content (AvgIpc) is 2.35. The second-order valence-electron chi connectivity index (χ2n) is 3.82. The van der Waals surface area contributed by atoms with Crippen LogP contribution in [0.3, 0.4) is 0 Å². The largest absolute Gasteiger partial charge is 0.372 e. The summed E-state index contributed by atoms with van der Waals surface area (Å²) >= 11 is 5.93. The molecule has 0 aliphatic rings. The number of rotatable bonds is 5. The molecule has 100 valence electrons. The zero-order valence-electron chi connectivity index (χ0n) is 10.5. The van der Waals surface area contributed by atoms with Crippen LogP contribution >= 0.6 is 11.6 Å². The van der Waals surface area contributed by atoms with Gasteiger partial charge in [-0.25, -0.2) is 4.98 Å². The summed E-state index contributed by atoms with van der Waals surface area (Å²) in [4.78, 5) is 15.8. The number of hydrogen-bond donors (Lipinski definition) is 2. The van der Waals surface area contributed by atoms with E-state index in [2.05, 4.69) is 15.6 Å². The highest BCUT2D eigenvalue weighted by atomic mass is 35.5. The number of pyridine rings is 1. The molecule has 18 heavy (non-hydrogen) atoms. The molecule has 0 spiro atoms. The summed E-state index contributed by atoms with van der Waals surface area (Å²) in [5.41, 5.74) is 0.382. The van der Waals surface area contributed by atoms with E-state index in [1.807, 2.05) is 6.92 Å². The predicted molar refractivity (Wildman–Crippen MR) is 74.7 cm³/mol. The first kappa shape index (κ1) is 14.9. The molecule has 7 heteroatoms. The van der Waals surface area contributed by atoms with E-state index in [1.165, 1.54) is 6.20 Å². The van der Waals surface area contributed by atoms with Crippen molar-refractivity contribution in [3.63, 3.8) is 0 Å². The molecular formula is C11H16ClN3O2S. The zero-order valence-corrected chi connectivity index (χ0v) is 12.1. The fourth-order valence-electron chi connectivity index (χ4n) is 1.20. The minimum atomic E-state index is -0.959. The van der Waals surface area contributed by atoms with Crippen LogP contribution in [0.5, 0.6) is 0 Å². The highest BCUT2D eigenvalue weighted by Gasteiger charge is 2.12. The maximum absolute atomic E-state index is 11.8. The van der Waals surface area contributed by atoms with Crippen LogP contribution in [0, 0.1) is 0 Å². The molecular weight excluding hydrogens is 274 g/mol. The first-order valence-corrected chi connectivity index (χ1v) is 7.39. The number of anilines is 1. The summed E-state index contributed by atoms with van der Waals surface area (Å²) in [5, 5.41) is 5.80. The maximum atomic E-state index is 11.8. The SMILES string of the molecule is CNc1ncc(C(=O)NCC(C)S(C)=O)cc1Cl. The van der Waals surface area contributed by atoms with Crippen molar-refractivity contribution >= 4 is 34.1 Å². The van der Waals surface area contributed by atoms with Gasteiger partial charge < -0.3 is 10.6 Å². The van der Waals surface area contributed by atoms with E-state index in [9.17, 15) is 9.00 Å². The molecule has 0 aliphatic carbocycles. The van der Waals surface area contributed by atoms with Gasteiger partial charge in [-0.3, -0.25) is 9.00 Å². The molecule has 0 aliphatic heterocycles. The van der Waals surface area contributed by atoms with Crippen molar-refractivity contribution in [2.24, 2.45) is 0 Å². The Labute approximate surface area is 114 Å². The first-order chi connectivity index (χ1) is 8.45. The third-order valence-electron chi connectivity index (χ3n) is 2.46. The molecule has 2 atom stereocenters. The molecule has 0 saturated carbocycles. The monoisotopic (exact) mass is 289 g/mol. The summed E-state index contributed by atoms with van der Waals surface area (Å²) in [6.45, 7) is 2.17. The van der Waals surface area contributed by atoms with Gasteiger partial charge in [0.2, 0.25) is 0 Å². The molecule has 0 fully saturated rings. The Kier molecular flexibility index (Phi) is 5.55. The molecule has 1 aromatic rings. The molecule has 0 aromatic carbocycles. The Balaban J connectivity index is 2.67. The van der Waals surface area contributed by atoms with Crippen molar-refractivity contribution in [2.75, 3.05) is 25.2 Å². The first-order valence-electron chi connectivity index (χ1n) is 5.39. The summed E-state index contributed by atoms with van der Waals surface area (Å²) in [6.07, 6.45) is 3.05. The lowest BCUT2D eigenvalue weighted by atomic mass is 10.2. The van der Waals surface area contributed by atoms with Crippen molar-refractivity contribution < 1.29 is 9.00 Å². The van der Waals surface area contributed by atoms with Crippen LogP contribution in [0.4, 0.5) is 5.82 Å². The number of carbonyl (C=O) groups is 1. The van der Waals surface area contributed by atoms with Crippen molar-refractivity contribution in [2.45, 2.75) is 12.2 Å². The van der Waals surface area contributed by atoms with E-state index in [0.717, 1.165) is 0 Å². The van der Waals surface area contributed by atoms with Gasteiger partial charge in [0.15, 0.2) is 0 Å². The van der Waals surface area contributed by atoms with Gasteiger partial charge in [-0.1, -0.05) is 11.6 Å². The van der Waals surface area contributed by atoms with Gasteiger partial charge >= 0.3 is 0 Å². The van der Waals surface area contributed by atoms with Crippen molar-refractivity contribution in [3.8, 4) is 0 Å². The van der Waals surface area contributed by atoms with E-state index >= 15 is 0 Å². The molecule has 2 N–H and O–H groups in total. The molecule has 0 radical (unpaired) electrons. The fourth-order valence-corrected chi connectivity index (χ4v) is 1.78. The van der Waals surface area contributed by atoms with E-state index in [0.29, 0.717) is 22.9 Å². The van der Waals surface area contributed by atoms with Crippen LogP contribution in [0.15, 0.2) is 12.3 Å². The highest BCUT2D eigenvalue weighted by molar-refractivity contribution is 7.84. The van der Waals surface area contributed by atoms with Crippen LogP contribution in [0.1, 0.15) is 17.3 Å². The Morgan fingerprint density at radius 3 is 2.78 bits per heavy atom. The van der Waals surface area contributed by atoms with Gasteiger partial charge in [0.05, 0.1) is 10.6 Å². The molecule has 2 unspecified atom stereocenters. The van der Waals surface area contributed by atoms with Gasteiger partial charge in [0, 0.05) is 42.1 Å². The molecule has 1 rings (SSSR count). The lowest BCUT2D eigenvalue weighted by Gasteiger charge is -2.10. The highest BCUT2D eigenvalue weighted by Crippen LogP contribution is 2.19. The third kappa shape index (κ3) is 3.96. The molecule has 5 nitrogen and oxygen atoms in total. The van der Waals surface area contributed by atoms with Gasteiger partial charge in [0.1, 0.15) is 5.82 Å². The van der Waals surface area contributed by atoms with Crippen LogP contribution in [-0.4, -0.2) is 40.2 Å². The number of nitrogens with one attached hydrogen (secondary N) is 2. The zero-order chi connectivity index (χ0) is 13.7. The lowest BCUT2D eigenvalue weighted by Crippen LogP contribution is -2.32. The predicted octanol–water partition coefficient (Wildman–Crippen LogP) is 1.27.